The molecule has 0 aromatic heterocycles. The van der Waals surface area contributed by atoms with E-state index >= 15 is 0 Å². The van der Waals surface area contributed by atoms with Gasteiger partial charge in [-0.1, -0.05) is 25.5 Å². The molecule has 0 saturated carbocycles. The molecule has 1 unspecified atom stereocenters. The van der Waals surface area contributed by atoms with Gasteiger partial charge in [0.2, 0.25) is 11.8 Å². The first-order chi connectivity index (χ1) is 12.2. The normalized spacial score (nSPS) is 13.3. The molecule has 2 amide bonds. The number of rotatable bonds is 12. The number of unbranched alkanes of at least 4 members (excludes halogenated alkanes) is 1. The smallest absolute Gasteiger partial charge is 0.303 e. The average Bonchev–Trinajstić information content (AvgIpc) is 2.59. The predicted octanol–water partition coefficient (Wildman–Crippen LogP) is 3.49. The summed E-state index contributed by atoms with van der Waals surface area (Å²) in [4.78, 5) is 36.1. The highest BCUT2D eigenvalue weighted by molar-refractivity contribution is 5.94. The summed E-state index contributed by atoms with van der Waals surface area (Å²) >= 11 is 0. The summed E-state index contributed by atoms with van der Waals surface area (Å²) in [6.45, 7) is 5.35. The summed E-state index contributed by atoms with van der Waals surface area (Å²) in [6, 6.07) is 0. The van der Waals surface area contributed by atoms with Gasteiger partial charge in [-0.2, -0.15) is 0 Å². The van der Waals surface area contributed by atoms with E-state index in [1.165, 1.54) is 11.8 Å². The second-order valence-corrected chi connectivity index (χ2v) is 6.52. The van der Waals surface area contributed by atoms with Crippen LogP contribution in [0.2, 0.25) is 0 Å². The molecular formula is C20H34N2O4. The van der Waals surface area contributed by atoms with Crippen molar-refractivity contribution < 1.29 is 19.5 Å². The lowest BCUT2D eigenvalue weighted by Crippen LogP contribution is -2.28. The van der Waals surface area contributed by atoms with Crippen LogP contribution in [0, 0.1) is 5.92 Å². The van der Waals surface area contributed by atoms with Crippen LogP contribution in [0.15, 0.2) is 23.4 Å². The molecule has 0 spiro atoms. The maximum Gasteiger partial charge on any atom is 0.303 e. The zero-order valence-electron chi connectivity index (χ0n) is 16.8. The topological polar surface area (TPSA) is 86.7 Å². The summed E-state index contributed by atoms with van der Waals surface area (Å²) in [5.74, 6) is -0.871. The Balaban J connectivity index is 5.18. The van der Waals surface area contributed by atoms with Gasteiger partial charge in [0.1, 0.15) is 0 Å². The fourth-order valence-electron chi connectivity index (χ4n) is 2.69. The van der Waals surface area contributed by atoms with Gasteiger partial charge in [-0.25, -0.2) is 0 Å². The maximum atomic E-state index is 12.3. The van der Waals surface area contributed by atoms with E-state index in [-0.39, 0.29) is 24.2 Å². The maximum absolute atomic E-state index is 12.3. The zero-order valence-corrected chi connectivity index (χ0v) is 16.8. The number of carbonyl (C=O) groups is 3. The number of carboxylic acids is 1. The first-order valence-electron chi connectivity index (χ1n) is 9.29. The monoisotopic (exact) mass is 366 g/mol. The minimum absolute atomic E-state index is 0.121. The number of nitrogens with zero attached hydrogens (tertiary/aromatic N) is 1. The van der Waals surface area contributed by atoms with E-state index in [2.05, 4.69) is 24.4 Å². The number of likely N-dealkylation sites (N-methyl/N-ethyl adjacent to an activating group) is 1. The summed E-state index contributed by atoms with van der Waals surface area (Å²) < 4.78 is 0. The van der Waals surface area contributed by atoms with Gasteiger partial charge < -0.3 is 15.3 Å². The standard InChI is InChI=1S/C20H34N2O4/c1-6-7-8-10-17(11-9-12-19(24)25)13-14-18(20(26)21-4)15(2)22(5)16(3)23/h8,10,17H,6-7,9,11-14H2,1-5H3,(H,21,26)(H,24,25)/b10-8+,18-15-. The molecule has 0 radical (unpaired) electrons. The SMILES string of the molecule is CCC/C=C/C(CCCC(=O)O)CC/C(C(=O)NC)=C(\C)N(C)C(C)=O. The van der Waals surface area contributed by atoms with Gasteiger partial charge in [-0.3, -0.25) is 14.4 Å². The Kier molecular flexibility index (Phi) is 12.1. The minimum Gasteiger partial charge on any atom is -0.481 e. The van der Waals surface area contributed by atoms with Crippen LogP contribution in [0.5, 0.6) is 0 Å². The Morgan fingerprint density at radius 2 is 1.81 bits per heavy atom. The lowest BCUT2D eigenvalue weighted by atomic mass is 9.92. The zero-order chi connectivity index (χ0) is 20.1. The number of aliphatic carboxylic acids is 1. The van der Waals surface area contributed by atoms with Crippen molar-refractivity contribution in [3.63, 3.8) is 0 Å². The summed E-state index contributed by atoms with van der Waals surface area (Å²) in [6.07, 6.45) is 9.13. The van der Waals surface area contributed by atoms with Crippen LogP contribution >= 0.6 is 0 Å². The van der Waals surface area contributed by atoms with Crippen LogP contribution in [-0.2, 0) is 14.4 Å². The molecule has 0 saturated heterocycles. The third-order valence-corrected chi connectivity index (χ3v) is 4.51. The van der Waals surface area contributed by atoms with Gasteiger partial charge in [0.25, 0.3) is 0 Å². The number of nitrogens with one attached hydrogen (secondary N) is 1. The molecule has 6 nitrogen and oxygen atoms in total. The van der Waals surface area contributed by atoms with E-state index in [4.69, 9.17) is 5.11 Å². The van der Waals surface area contributed by atoms with Crippen LogP contribution in [0.25, 0.3) is 0 Å². The Morgan fingerprint density at radius 1 is 1.15 bits per heavy atom. The van der Waals surface area contributed by atoms with Gasteiger partial charge in [0, 0.05) is 38.7 Å². The molecule has 0 aliphatic carbocycles. The van der Waals surface area contributed by atoms with Crippen molar-refractivity contribution in [1.29, 1.82) is 0 Å². The van der Waals surface area contributed by atoms with Crippen LogP contribution < -0.4 is 5.32 Å². The van der Waals surface area contributed by atoms with Crippen molar-refractivity contribution in [3.05, 3.63) is 23.4 Å². The quantitative estimate of drug-likeness (QED) is 0.409. The van der Waals surface area contributed by atoms with Crippen molar-refractivity contribution in [3.8, 4) is 0 Å². The van der Waals surface area contributed by atoms with Gasteiger partial charge in [0.05, 0.1) is 0 Å². The molecule has 0 bridgehead atoms. The van der Waals surface area contributed by atoms with Crippen molar-refractivity contribution in [1.82, 2.24) is 10.2 Å². The molecule has 0 aliphatic heterocycles. The van der Waals surface area contributed by atoms with Crippen molar-refractivity contribution in [2.24, 2.45) is 5.92 Å². The van der Waals surface area contributed by atoms with Gasteiger partial charge in [-0.15, -0.1) is 0 Å². The van der Waals surface area contributed by atoms with Crippen LogP contribution in [0.4, 0.5) is 0 Å². The molecule has 0 aromatic carbocycles. The van der Waals surface area contributed by atoms with Crippen molar-refractivity contribution in [2.45, 2.75) is 65.7 Å². The molecule has 26 heavy (non-hydrogen) atoms. The molecule has 148 valence electrons. The highest BCUT2D eigenvalue weighted by Gasteiger charge is 2.18. The Bertz CT molecular complexity index is 538. The molecule has 0 fully saturated rings. The van der Waals surface area contributed by atoms with Crippen LogP contribution in [0.3, 0.4) is 0 Å². The molecule has 0 aromatic rings. The number of hydrogen-bond donors (Lipinski definition) is 2. The molecule has 6 heteroatoms. The first kappa shape index (κ1) is 23.9. The third-order valence-electron chi connectivity index (χ3n) is 4.51. The second-order valence-electron chi connectivity index (χ2n) is 6.52. The summed E-state index contributed by atoms with van der Waals surface area (Å²) in [5.41, 5.74) is 1.25. The number of allylic oxidation sites excluding steroid dienone is 3. The molecule has 0 aliphatic rings. The molecular weight excluding hydrogens is 332 g/mol. The number of carboxylic acid groups (broad SMARTS) is 1. The largest absolute Gasteiger partial charge is 0.481 e. The Hall–Kier alpha value is -2.11. The molecule has 0 rings (SSSR count). The fourth-order valence-corrected chi connectivity index (χ4v) is 2.69. The van der Waals surface area contributed by atoms with Gasteiger partial charge >= 0.3 is 5.97 Å². The first-order valence-corrected chi connectivity index (χ1v) is 9.29. The minimum atomic E-state index is -0.786. The molecule has 2 N–H and O–H groups in total. The fraction of sp³-hybridized carbons (Fsp3) is 0.650. The summed E-state index contributed by atoms with van der Waals surface area (Å²) in [7, 11) is 3.24. The van der Waals surface area contributed by atoms with Crippen molar-refractivity contribution >= 4 is 17.8 Å². The molecule has 1 atom stereocenters. The van der Waals surface area contributed by atoms with Crippen LogP contribution in [-0.4, -0.2) is 41.9 Å². The molecule has 0 heterocycles. The van der Waals surface area contributed by atoms with E-state index in [1.807, 2.05) is 0 Å². The van der Waals surface area contributed by atoms with E-state index in [9.17, 15) is 14.4 Å². The van der Waals surface area contributed by atoms with E-state index in [0.29, 0.717) is 24.1 Å². The lowest BCUT2D eigenvalue weighted by Gasteiger charge is -2.21. The van der Waals surface area contributed by atoms with Crippen LogP contribution in [0.1, 0.15) is 65.7 Å². The van der Waals surface area contributed by atoms with E-state index < -0.39 is 5.97 Å². The summed E-state index contributed by atoms with van der Waals surface area (Å²) in [5, 5.41) is 11.5. The highest BCUT2D eigenvalue weighted by atomic mass is 16.4. The van der Waals surface area contributed by atoms with Gasteiger partial charge in [-0.05, 0) is 44.9 Å². The van der Waals surface area contributed by atoms with E-state index in [0.717, 1.165) is 25.7 Å². The van der Waals surface area contributed by atoms with Gasteiger partial charge in [0.15, 0.2) is 0 Å². The number of carbonyl (C=O) groups excluding carboxylic acids is 2. The lowest BCUT2D eigenvalue weighted by molar-refractivity contribution is -0.137. The van der Waals surface area contributed by atoms with Crippen molar-refractivity contribution in [2.75, 3.05) is 14.1 Å². The van der Waals surface area contributed by atoms with E-state index in [1.54, 1.807) is 21.0 Å². The Labute approximate surface area is 157 Å². The highest BCUT2D eigenvalue weighted by Crippen LogP contribution is 2.23. The second kappa shape index (κ2) is 13.1. The average molecular weight is 367 g/mol. The Morgan fingerprint density at radius 3 is 2.31 bits per heavy atom. The number of amides is 2. The predicted molar refractivity (Wildman–Crippen MR) is 103 cm³/mol. The number of hydrogen-bond acceptors (Lipinski definition) is 3. The third kappa shape index (κ3) is 9.39.